The Hall–Kier alpha value is -1.75. The lowest BCUT2D eigenvalue weighted by molar-refractivity contribution is -0.143. The van der Waals surface area contributed by atoms with Crippen LogP contribution in [-0.2, 0) is 14.3 Å². The normalized spacial score (nSPS) is 10.7. The molecule has 0 aliphatic rings. The van der Waals surface area contributed by atoms with E-state index in [1.54, 1.807) is 0 Å². The van der Waals surface area contributed by atoms with Gasteiger partial charge in [-0.05, 0) is 37.1 Å². The van der Waals surface area contributed by atoms with Gasteiger partial charge in [0.05, 0.1) is 34.0 Å². The maximum atomic E-state index is 12.7. The molecule has 2 amide bonds. The van der Waals surface area contributed by atoms with E-state index in [0.29, 0.717) is 16.7 Å². The van der Waals surface area contributed by atoms with Crippen LogP contribution in [0.1, 0.15) is 93.4 Å². The van der Waals surface area contributed by atoms with Crippen LogP contribution in [0.5, 0.6) is 0 Å². The minimum Gasteiger partial charge on any atom is -0.467 e. The Morgan fingerprint density at radius 2 is 1.20 bits per heavy atom. The zero-order valence-corrected chi connectivity index (χ0v) is 31.2. The van der Waals surface area contributed by atoms with Crippen molar-refractivity contribution in [2.45, 2.75) is 84.7 Å². The minimum absolute atomic E-state index is 0. The van der Waals surface area contributed by atoms with Crippen molar-refractivity contribution in [2.75, 3.05) is 16.9 Å². The van der Waals surface area contributed by atoms with Crippen LogP contribution in [0.2, 0.25) is 0 Å². The van der Waals surface area contributed by atoms with Crippen LogP contribution in [-0.4, -0.2) is 62.5 Å². The summed E-state index contributed by atoms with van der Waals surface area (Å²) >= 11 is 12.6. The first-order chi connectivity index (χ1) is 20.6. The molecule has 0 fully saturated rings. The number of ketones is 1. The molecule has 2 N–H and O–H groups in total. The topological polar surface area (TPSA) is 127 Å². The van der Waals surface area contributed by atoms with Crippen LogP contribution in [0.25, 0.3) is 0 Å². The molecule has 0 saturated heterocycles. The van der Waals surface area contributed by atoms with Gasteiger partial charge in [-0.1, -0.05) is 82.4 Å². The van der Waals surface area contributed by atoms with E-state index in [-0.39, 0.29) is 57.2 Å². The molecule has 46 heavy (non-hydrogen) atoms. The highest BCUT2D eigenvalue weighted by molar-refractivity contribution is 14.1. The molecule has 2 rings (SSSR count). The number of alkyl halides is 3. The van der Waals surface area contributed by atoms with Crippen LogP contribution in [0, 0.1) is 11.9 Å². The summed E-state index contributed by atoms with van der Waals surface area (Å²) in [5.74, 6) is -3.07. The van der Waals surface area contributed by atoms with Crippen LogP contribution < -0.4 is 10.6 Å². The first kappa shape index (κ1) is 51.1. The highest BCUT2D eigenvalue weighted by Gasteiger charge is 2.22. The highest BCUT2D eigenvalue weighted by Crippen LogP contribution is 2.09. The minimum atomic E-state index is -0.691. The van der Waals surface area contributed by atoms with Crippen molar-refractivity contribution < 1.29 is 32.7 Å². The van der Waals surface area contributed by atoms with Gasteiger partial charge in [0.1, 0.15) is 6.04 Å². The van der Waals surface area contributed by atoms with Gasteiger partial charge in [0, 0.05) is 12.4 Å². The molecule has 0 radical (unpaired) electrons. The van der Waals surface area contributed by atoms with E-state index in [4.69, 9.17) is 23.2 Å². The lowest BCUT2D eigenvalue weighted by Crippen LogP contribution is -2.41. The summed E-state index contributed by atoms with van der Waals surface area (Å²) in [6.07, 6.45) is 9.00. The van der Waals surface area contributed by atoms with Crippen LogP contribution in [0.3, 0.4) is 0 Å². The smallest absolute Gasteiger partial charge is 0.328 e. The second-order valence-corrected chi connectivity index (χ2v) is 11.2. The first-order valence-electron chi connectivity index (χ1n) is 13.7. The molecule has 264 valence electrons. The Labute approximate surface area is 309 Å². The fraction of sp³-hybridized carbons (Fsp3) is 0.533. The molecule has 16 heteroatoms. The third-order valence-corrected chi connectivity index (χ3v) is 6.05. The third kappa shape index (κ3) is 22.7. The molecule has 2 heterocycles. The number of hydrogen-bond donors (Lipinski definition) is 2. The summed E-state index contributed by atoms with van der Waals surface area (Å²) in [7, 11) is 1.28. The summed E-state index contributed by atoms with van der Waals surface area (Å²) in [5.41, 5.74) is 0.421. The molecule has 0 bridgehead atoms. The summed E-state index contributed by atoms with van der Waals surface area (Å²) in [5, 5.41) is 5.21. The molecule has 9 nitrogen and oxygen atoms in total. The van der Waals surface area contributed by atoms with E-state index in [9.17, 15) is 28.0 Å². The third-order valence-electron chi connectivity index (χ3n) is 5.79. The van der Waals surface area contributed by atoms with Gasteiger partial charge in [0.2, 0.25) is 11.9 Å². The quantitative estimate of drug-likeness (QED) is 0.0636. The van der Waals surface area contributed by atoms with Gasteiger partial charge in [0.25, 0.3) is 11.8 Å². The second kappa shape index (κ2) is 31.8. The SMILES string of the molecule is C.CCCCC[C@H](NC(=O)c1ccc(F)nc1)C(=O)CCl.CCCCC[C@H](NC(=O)c1ccc(F)nc1)C(=O)OC.ClCI.S.S. The Morgan fingerprint density at radius 1 is 0.804 bits per heavy atom. The molecule has 2 aromatic heterocycles. The number of nitrogens with zero attached hydrogens (tertiary/aromatic N) is 2. The van der Waals surface area contributed by atoms with Crippen molar-refractivity contribution in [3.8, 4) is 0 Å². The van der Waals surface area contributed by atoms with Gasteiger partial charge in [-0.3, -0.25) is 14.4 Å². The molecule has 0 aliphatic carbocycles. The van der Waals surface area contributed by atoms with Crippen molar-refractivity contribution in [1.82, 2.24) is 20.6 Å². The van der Waals surface area contributed by atoms with Crippen molar-refractivity contribution in [3.63, 3.8) is 0 Å². The van der Waals surface area contributed by atoms with Gasteiger partial charge < -0.3 is 15.4 Å². The van der Waals surface area contributed by atoms with E-state index >= 15 is 0 Å². The number of rotatable bonds is 15. The maximum absolute atomic E-state index is 12.7. The van der Waals surface area contributed by atoms with E-state index in [0.717, 1.165) is 63.1 Å². The summed E-state index contributed by atoms with van der Waals surface area (Å²) in [6, 6.07) is 3.55. The number of unbranched alkanes of at least 4 members (excludes halogenated alkanes) is 4. The number of halogens is 5. The zero-order chi connectivity index (χ0) is 32.6. The van der Waals surface area contributed by atoms with Gasteiger partial charge in [-0.15, -0.1) is 23.2 Å². The number of esters is 1. The van der Waals surface area contributed by atoms with Crippen molar-refractivity contribution in [3.05, 3.63) is 59.7 Å². The number of ether oxygens (including phenoxy) is 1. The zero-order valence-electron chi connectivity index (χ0n) is 25.5. The van der Waals surface area contributed by atoms with E-state index in [1.165, 1.54) is 19.2 Å². The summed E-state index contributed by atoms with van der Waals surface area (Å²) in [6.45, 7) is 4.11. The van der Waals surface area contributed by atoms with Gasteiger partial charge in [-0.2, -0.15) is 35.8 Å². The Morgan fingerprint density at radius 3 is 1.52 bits per heavy atom. The second-order valence-electron chi connectivity index (χ2n) is 9.01. The van der Waals surface area contributed by atoms with E-state index in [2.05, 4.69) is 61.8 Å². The molecule has 0 aliphatic heterocycles. The number of hydrogen-bond acceptors (Lipinski definition) is 7. The van der Waals surface area contributed by atoms with E-state index in [1.807, 2.05) is 0 Å². The monoisotopic (exact) mass is 842 g/mol. The lowest BCUT2D eigenvalue weighted by Gasteiger charge is -2.16. The molecular weight excluding hydrogens is 796 g/mol. The number of methoxy groups -OCH3 is 1. The number of aromatic nitrogens is 2. The van der Waals surface area contributed by atoms with Crippen LogP contribution in [0.15, 0.2) is 36.7 Å². The largest absolute Gasteiger partial charge is 0.467 e. The number of amides is 2. The summed E-state index contributed by atoms with van der Waals surface area (Å²) < 4.78 is 30.7. The molecule has 0 unspecified atom stereocenters. The first-order valence-corrected chi connectivity index (χ1v) is 16.3. The van der Waals surface area contributed by atoms with Gasteiger partial charge in [-0.25, -0.2) is 14.8 Å². The lowest BCUT2D eigenvalue weighted by atomic mass is 10.0. The molecular formula is C30H47Cl2F2IN4O5S2. The molecule has 0 saturated carbocycles. The van der Waals surface area contributed by atoms with Crippen molar-refractivity contribution in [1.29, 1.82) is 0 Å². The predicted octanol–water partition coefficient (Wildman–Crippen LogP) is 7.26. The number of nitrogens with one attached hydrogen (secondary N) is 2. The van der Waals surface area contributed by atoms with Crippen LogP contribution >= 0.6 is 72.8 Å². The van der Waals surface area contributed by atoms with Gasteiger partial charge in [0.15, 0.2) is 5.78 Å². The number of carbonyl (C=O) groups is 4. The average molecular weight is 844 g/mol. The Bertz CT molecular complexity index is 1030. The molecule has 0 spiro atoms. The number of pyridine rings is 2. The standard InChI is InChI=1S/C14H18ClFN2O2.C14H19FN2O3.CH2ClI.CH4.2H2S/c1-2-3-4-5-11(12(19)8-15)18-14(20)10-6-7-13(16)17-9-10;1-3-4-5-6-11(14(19)20-2)17-13(18)10-7-8-12(15)16-9-10;2-1-3;;;/h6-7,9,11H,2-5,8H2,1H3,(H,18,20);7-9,11H,3-6H2,1-2H3,(H,17,18);1H2;1H4;2*1H2/t2*11-;;;;/m00..../s1. The fourth-order valence-electron chi connectivity index (χ4n) is 3.50. The van der Waals surface area contributed by atoms with E-state index < -0.39 is 41.8 Å². The van der Waals surface area contributed by atoms with Crippen molar-refractivity contribution >= 4 is 96.4 Å². The average Bonchev–Trinajstić information content (AvgIpc) is 3.00. The maximum Gasteiger partial charge on any atom is 0.328 e. The fourth-order valence-corrected chi connectivity index (χ4v) is 3.68. The molecule has 2 atom stereocenters. The Kier molecular flexibility index (Phi) is 35.4. The highest BCUT2D eigenvalue weighted by atomic mass is 127. The van der Waals surface area contributed by atoms with Crippen LogP contribution in [0.4, 0.5) is 8.78 Å². The predicted molar refractivity (Wildman–Crippen MR) is 199 cm³/mol. The number of carbonyl (C=O) groups excluding carboxylic acids is 4. The molecule has 0 aromatic carbocycles. The van der Waals surface area contributed by atoms with Crippen molar-refractivity contribution in [2.24, 2.45) is 0 Å². The van der Waals surface area contributed by atoms with Gasteiger partial charge >= 0.3 is 5.97 Å². The Balaban J connectivity index is -0.000000333. The summed E-state index contributed by atoms with van der Waals surface area (Å²) in [4.78, 5) is 54.0. The molecule has 2 aromatic rings. The number of Topliss-reactive ketones (excluding diaryl/α,β-unsaturated/α-hetero) is 1.